The van der Waals surface area contributed by atoms with Crippen LogP contribution < -0.4 is 5.32 Å². The number of amides is 1. The zero-order valence-electron chi connectivity index (χ0n) is 8.98. The molecule has 0 saturated heterocycles. The van der Waals surface area contributed by atoms with Crippen molar-refractivity contribution in [2.45, 2.75) is 13.0 Å². The van der Waals surface area contributed by atoms with Crippen LogP contribution in [-0.2, 0) is 4.79 Å². The predicted molar refractivity (Wildman–Crippen MR) is 65.2 cm³/mol. The standard InChI is InChI=1S/C12H14ClNO2/c1-9(8-15)14-12(16)6-5-10-3-2-4-11(13)7-10/h2-7,9,15H,8H2,1H3,(H,14,16)/t9-/m0/s1. The summed E-state index contributed by atoms with van der Waals surface area (Å²) in [5, 5.41) is 12.0. The first-order chi connectivity index (χ1) is 7.61. The van der Waals surface area contributed by atoms with Gasteiger partial charge in [-0.15, -0.1) is 0 Å². The Morgan fingerprint density at radius 1 is 1.62 bits per heavy atom. The quantitative estimate of drug-likeness (QED) is 0.788. The number of carbonyl (C=O) groups excluding carboxylic acids is 1. The van der Waals surface area contributed by atoms with Crippen molar-refractivity contribution in [2.24, 2.45) is 0 Å². The lowest BCUT2D eigenvalue weighted by molar-refractivity contribution is -0.117. The van der Waals surface area contributed by atoms with Crippen molar-refractivity contribution in [3.63, 3.8) is 0 Å². The Bertz CT molecular complexity index is 390. The molecule has 0 spiro atoms. The second-order valence-electron chi connectivity index (χ2n) is 3.48. The van der Waals surface area contributed by atoms with Gasteiger partial charge in [-0.1, -0.05) is 23.7 Å². The molecule has 0 aliphatic heterocycles. The van der Waals surface area contributed by atoms with E-state index in [0.29, 0.717) is 5.02 Å². The van der Waals surface area contributed by atoms with Crippen LogP contribution in [0.1, 0.15) is 12.5 Å². The van der Waals surface area contributed by atoms with Crippen LogP contribution in [-0.4, -0.2) is 23.7 Å². The van der Waals surface area contributed by atoms with E-state index in [1.807, 2.05) is 12.1 Å². The minimum absolute atomic E-state index is 0.0727. The van der Waals surface area contributed by atoms with Gasteiger partial charge in [-0.2, -0.15) is 0 Å². The number of nitrogens with one attached hydrogen (secondary N) is 1. The Labute approximate surface area is 99.7 Å². The molecule has 0 bridgehead atoms. The molecule has 3 nitrogen and oxygen atoms in total. The first kappa shape index (κ1) is 12.7. The molecule has 0 heterocycles. The third-order valence-electron chi connectivity index (χ3n) is 1.94. The molecule has 0 fully saturated rings. The largest absolute Gasteiger partial charge is 0.394 e. The second kappa shape index (κ2) is 6.30. The average molecular weight is 240 g/mol. The van der Waals surface area contributed by atoms with E-state index in [-0.39, 0.29) is 18.6 Å². The lowest BCUT2D eigenvalue weighted by Crippen LogP contribution is -2.33. The van der Waals surface area contributed by atoms with Crippen LogP contribution in [0, 0.1) is 0 Å². The SMILES string of the molecule is C[C@@H](CO)NC(=O)C=Cc1cccc(Cl)c1. The topological polar surface area (TPSA) is 49.3 Å². The van der Waals surface area contributed by atoms with Gasteiger partial charge >= 0.3 is 0 Å². The second-order valence-corrected chi connectivity index (χ2v) is 3.92. The lowest BCUT2D eigenvalue weighted by atomic mass is 10.2. The molecule has 0 aliphatic carbocycles. The van der Waals surface area contributed by atoms with E-state index in [1.165, 1.54) is 6.08 Å². The minimum atomic E-state index is -0.239. The molecule has 1 amide bonds. The number of carbonyl (C=O) groups is 1. The zero-order chi connectivity index (χ0) is 12.0. The Balaban J connectivity index is 2.56. The summed E-state index contributed by atoms with van der Waals surface area (Å²) >= 11 is 5.80. The zero-order valence-corrected chi connectivity index (χ0v) is 9.74. The normalized spacial score (nSPS) is 12.7. The maximum absolute atomic E-state index is 11.3. The molecule has 0 unspecified atom stereocenters. The van der Waals surface area contributed by atoms with E-state index in [9.17, 15) is 4.79 Å². The number of halogens is 1. The molecular formula is C12H14ClNO2. The van der Waals surface area contributed by atoms with E-state index in [4.69, 9.17) is 16.7 Å². The number of rotatable bonds is 4. The van der Waals surface area contributed by atoms with Crippen LogP contribution in [0.4, 0.5) is 0 Å². The van der Waals surface area contributed by atoms with Gasteiger partial charge in [0.2, 0.25) is 5.91 Å². The van der Waals surface area contributed by atoms with Gasteiger partial charge in [0.1, 0.15) is 0 Å². The molecule has 86 valence electrons. The Morgan fingerprint density at radius 2 is 2.38 bits per heavy atom. The first-order valence-corrected chi connectivity index (χ1v) is 5.34. The summed E-state index contributed by atoms with van der Waals surface area (Å²) in [6.45, 7) is 1.65. The molecule has 0 aromatic heterocycles. The highest BCUT2D eigenvalue weighted by atomic mass is 35.5. The van der Waals surface area contributed by atoms with E-state index < -0.39 is 0 Å². The molecule has 0 radical (unpaired) electrons. The Hall–Kier alpha value is -1.32. The molecule has 16 heavy (non-hydrogen) atoms. The van der Waals surface area contributed by atoms with Crippen LogP contribution in [0.25, 0.3) is 6.08 Å². The van der Waals surface area contributed by atoms with Crippen molar-refractivity contribution in [1.82, 2.24) is 5.32 Å². The molecular weight excluding hydrogens is 226 g/mol. The summed E-state index contributed by atoms with van der Waals surface area (Å²) in [5.74, 6) is -0.235. The fraction of sp³-hybridized carbons (Fsp3) is 0.250. The summed E-state index contributed by atoms with van der Waals surface area (Å²) < 4.78 is 0. The minimum Gasteiger partial charge on any atom is -0.394 e. The summed E-state index contributed by atoms with van der Waals surface area (Å²) in [6.07, 6.45) is 3.09. The molecule has 1 aromatic rings. The van der Waals surface area contributed by atoms with Crippen molar-refractivity contribution in [3.8, 4) is 0 Å². The van der Waals surface area contributed by atoms with Crippen molar-refractivity contribution < 1.29 is 9.90 Å². The van der Waals surface area contributed by atoms with Gasteiger partial charge in [0, 0.05) is 17.1 Å². The van der Waals surface area contributed by atoms with Gasteiger partial charge in [0.05, 0.1) is 6.61 Å². The van der Waals surface area contributed by atoms with E-state index in [2.05, 4.69) is 5.32 Å². The first-order valence-electron chi connectivity index (χ1n) is 4.97. The number of aliphatic hydroxyl groups is 1. The van der Waals surface area contributed by atoms with Gasteiger partial charge in [0.15, 0.2) is 0 Å². The van der Waals surface area contributed by atoms with Crippen LogP contribution in [0.5, 0.6) is 0 Å². The highest BCUT2D eigenvalue weighted by Gasteiger charge is 2.01. The highest BCUT2D eigenvalue weighted by Crippen LogP contribution is 2.11. The van der Waals surface area contributed by atoms with E-state index in [1.54, 1.807) is 25.1 Å². The smallest absolute Gasteiger partial charge is 0.244 e. The molecule has 4 heteroatoms. The van der Waals surface area contributed by atoms with Crippen LogP contribution in [0.15, 0.2) is 30.3 Å². The number of hydrogen-bond donors (Lipinski definition) is 2. The van der Waals surface area contributed by atoms with Crippen molar-refractivity contribution in [1.29, 1.82) is 0 Å². The average Bonchev–Trinajstić information content (AvgIpc) is 2.26. The third-order valence-corrected chi connectivity index (χ3v) is 2.17. The van der Waals surface area contributed by atoms with Gasteiger partial charge in [-0.3, -0.25) is 4.79 Å². The van der Waals surface area contributed by atoms with Gasteiger partial charge < -0.3 is 10.4 Å². The van der Waals surface area contributed by atoms with Crippen molar-refractivity contribution >= 4 is 23.6 Å². The summed E-state index contributed by atoms with van der Waals surface area (Å²) in [6, 6.07) is 6.96. The van der Waals surface area contributed by atoms with Crippen molar-refractivity contribution in [2.75, 3.05) is 6.61 Å². The maximum Gasteiger partial charge on any atom is 0.244 e. The number of aliphatic hydroxyl groups excluding tert-OH is 1. The summed E-state index contributed by atoms with van der Waals surface area (Å²) in [4.78, 5) is 11.3. The number of hydrogen-bond acceptors (Lipinski definition) is 2. The molecule has 1 atom stereocenters. The lowest BCUT2D eigenvalue weighted by Gasteiger charge is -2.07. The highest BCUT2D eigenvalue weighted by molar-refractivity contribution is 6.30. The molecule has 0 saturated carbocycles. The molecule has 2 N–H and O–H groups in total. The van der Waals surface area contributed by atoms with Crippen molar-refractivity contribution in [3.05, 3.63) is 40.9 Å². The fourth-order valence-electron chi connectivity index (χ4n) is 1.12. The predicted octanol–water partition coefficient (Wildman–Crippen LogP) is 1.85. The maximum atomic E-state index is 11.3. The van der Waals surface area contributed by atoms with Crippen LogP contribution >= 0.6 is 11.6 Å². The van der Waals surface area contributed by atoms with Crippen LogP contribution in [0.3, 0.4) is 0 Å². The molecule has 1 rings (SSSR count). The monoisotopic (exact) mass is 239 g/mol. The fourth-order valence-corrected chi connectivity index (χ4v) is 1.32. The van der Waals surface area contributed by atoms with Crippen LogP contribution in [0.2, 0.25) is 5.02 Å². The third kappa shape index (κ3) is 4.47. The summed E-state index contributed by atoms with van der Waals surface area (Å²) in [5.41, 5.74) is 0.860. The van der Waals surface area contributed by atoms with Gasteiger partial charge in [-0.25, -0.2) is 0 Å². The van der Waals surface area contributed by atoms with Gasteiger partial charge in [0.25, 0.3) is 0 Å². The summed E-state index contributed by atoms with van der Waals surface area (Å²) in [7, 11) is 0. The van der Waals surface area contributed by atoms with Gasteiger partial charge in [-0.05, 0) is 30.7 Å². The van der Waals surface area contributed by atoms with E-state index in [0.717, 1.165) is 5.56 Å². The number of benzene rings is 1. The molecule has 0 aliphatic rings. The Morgan fingerprint density at radius 3 is 3.00 bits per heavy atom. The molecule has 1 aromatic carbocycles. The Kier molecular flexibility index (Phi) is 5.02. The van der Waals surface area contributed by atoms with E-state index >= 15 is 0 Å².